The molecule has 1 unspecified atom stereocenters. The van der Waals surface area contributed by atoms with Gasteiger partial charge in [0.1, 0.15) is 0 Å². The Balaban J connectivity index is 1.74. The Bertz CT molecular complexity index is 1490. The van der Waals surface area contributed by atoms with E-state index in [2.05, 4.69) is 18.4 Å². The molecule has 172 valence electrons. The molecule has 1 aliphatic rings. The van der Waals surface area contributed by atoms with Crippen LogP contribution in [-0.4, -0.2) is 25.0 Å². The number of allylic oxidation sites excluding steroid dienone is 5. The molecule has 7 nitrogen and oxygen atoms in total. The monoisotopic (exact) mass is 491 g/mol. The molecule has 2 N–H and O–H groups in total. The van der Waals surface area contributed by atoms with Crippen LogP contribution in [0, 0.1) is 0 Å². The van der Waals surface area contributed by atoms with Crippen molar-refractivity contribution in [1.29, 1.82) is 0 Å². The molecule has 2 aromatic carbocycles. The Morgan fingerprint density at radius 3 is 2.65 bits per heavy atom. The second kappa shape index (κ2) is 10.0. The van der Waals surface area contributed by atoms with Gasteiger partial charge in [0.15, 0.2) is 11.4 Å². The number of rotatable bonds is 6. The largest absolute Gasteiger partial charge is 0.503 e. The maximum absolute atomic E-state index is 13.8. The lowest BCUT2D eigenvalue weighted by atomic mass is 10.2. The van der Waals surface area contributed by atoms with Gasteiger partial charge < -0.3 is 10.4 Å². The third-order valence-corrected chi connectivity index (χ3v) is 8.38. The fraction of sp³-hybridized carbons (Fsp3) is 0.0800. The van der Waals surface area contributed by atoms with Gasteiger partial charge in [-0.2, -0.15) is 5.10 Å². The average Bonchev–Trinajstić information content (AvgIpc) is 3.15. The summed E-state index contributed by atoms with van der Waals surface area (Å²) in [5.41, 5.74) is -0.169. The van der Waals surface area contributed by atoms with Crippen LogP contribution in [0.3, 0.4) is 0 Å². The molecule has 3 aromatic rings. The first-order chi connectivity index (χ1) is 16.4. The van der Waals surface area contributed by atoms with Crippen molar-refractivity contribution < 1.29 is 14.1 Å². The van der Waals surface area contributed by atoms with Crippen molar-refractivity contribution in [2.24, 2.45) is 0 Å². The molecular formula is C25H22N3O4PS. The molecular weight excluding hydrogens is 469 g/mol. The highest BCUT2D eigenvalue weighted by Gasteiger charge is 2.21. The third-order valence-electron chi connectivity index (χ3n) is 5.12. The fourth-order valence-corrected chi connectivity index (χ4v) is 5.84. The molecule has 1 aliphatic carbocycles. The summed E-state index contributed by atoms with van der Waals surface area (Å²) in [6.07, 6.45) is 11.0. The van der Waals surface area contributed by atoms with E-state index < -0.39 is 31.9 Å². The highest BCUT2D eigenvalue weighted by atomic mass is 32.5. The van der Waals surface area contributed by atoms with Crippen molar-refractivity contribution in [3.8, 4) is 11.4 Å². The molecule has 0 spiro atoms. The molecule has 0 fully saturated rings. The molecule has 0 radical (unpaired) electrons. The van der Waals surface area contributed by atoms with Crippen LogP contribution in [0.5, 0.6) is 5.75 Å². The van der Waals surface area contributed by atoms with E-state index >= 15 is 0 Å². The molecule has 0 bridgehead atoms. The zero-order valence-corrected chi connectivity index (χ0v) is 19.9. The number of nitrogens with one attached hydrogen (secondary N) is 1. The molecule has 1 atom stereocenters. The maximum atomic E-state index is 13.8. The molecule has 34 heavy (non-hydrogen) atoms. The van der Waals surface area contributed by atoms with Crippen molar-refractivity contribution in [3.63, 3.8) is 0 Å². The number of carbonyl (C=O) groups excluding carboxylic acids is 1. The van der Waals surface area contributed by atoms with Gasteiger partial charge in [-0.15, -0.1) is 0 Å². The zero-order valence-electron chi connectivity index (χ0n) is 18.0. The van der Waals surface area contributed by atoms with Gasteiger partial charge in [0.05, 0.1) is 16.8 Å². The number of aromatic hydroxyl groups is 1. The second-order valence-electron chi connectivity index (χ2n) is 7.46. The molecule has 4 rings (SSSR count). The number of amides is 1. The first kappa shape index (κ1) is 23.4. The first-order valence-corrected chi connectivity index (χ1v) is 13.2. The Kier molecular flexibility index (Phi) is 6.91. The second-order valence-corrected chi connectivity index (χ2v) is 11.2. The van der Waals surface area contributed by atoms with Crippen LogP contribution in [-0.2, 0) is 15.7 Å². The predicted molar refractivity (Wildman–Crippen MR) is 135 cm³/mol. The SMILES string of the molecule is O=C(NCc1ccccc1)c1nn(-c2ccccc2S(=O)(=P)C2=CC=CCC=C2)cc(O)c1=O. The smallest absolute Gasteiger partial charge is 0.276 e. The number of nitrogens with zero attached hydrogens (tertiary/aromatic N) is 2. The van der Waals surface area contributed by atoms with Gasteiger partial charge in [-0.05, 0) is 44.3 Å². The van der Waals surface area contributed by atoms with Crippen LogP contribution < -0.4 is 10.7 Å². The van der Waals surface area contributed by atoms with Crippen molar-refractivity contribution in [1.82, 2.24) is 15.1 Å². The normalized spacial score (nSPS) is 14.6. The van der Waals surface area contributed by atoms with Gasteiger partial charge in [0, 0.05) is 20.6 Å². The van der Waals surface area contributed by atoms with Crippen LogP contribution in [0.15, 0.2) is 106 Å². The highest BCUT2D eigenvalue weighted by molar-refractivity contribution is 8.23. The van der Waals surface area contributed by atoms with E-state index in [0.717, 1.165) is 18.2 Å². The molecule has 1 amide bonds. The van der Waals surface area contributed by atoms with Crippen LogP contribution in [0.1, 0.15) is 22.5 Å². The summed E-state index contributed by atoms with van der Waals surface area (Å²) in [4.78, 5) is 26.2. The van der Waals surface area contributed by atoms with Crippen molar-refractivity contribution in [2.45, 2.75) is 17.9 Å². The minimum atomic E-state index is -2.91. The molecule has 0 saturated carbocycles. The van der Waals surface area contributed by atoms with E-state index in [9.17, 15) is 18.9 Å². The fourth-order valence-electron chi connectivity index (χ4n) is 3.38. The third kappa shape index (κ3) is 4.93. The molecule has 9 heteroatoms. The van der Waals surface area contributed by atoms with E-state index in [1.165, 1.54) is 4.68 Å². The molecule has 1 aromatic heterocycles. The van der Waals surface area contributed by atoms with Gasteiger partial charge in [-0.3, -0.25) is 13.8 Å². The lowest BCUT2D eigenvalue weighted by Gasteiger charge is -2.16. The number of hydrogen-bond donors (Lipinski definition) is 2. The Morgan fingerprint density at radius 2 is 1.85 bits per heavy atom. The maximum Gasteiger partial charge on any atom is 0.276 e. The summed E-state index contributed by atoms with van der Waals surface area (Å²) >= 11 is 0. The number of carbonyl (C=O) groups is 1. The molecule has 1 heterocycles. The molecule has 0 saturated heterocycles. The van der Waals surface area contributed by atoms with E-state index in [4.69, 9.17) is 0 Å². The van der Waals surface area contributed by atoms with Gasteiger partial charge in [-0.25, -0.2) is 4.68 Å². The van der Waals surface area contributed by atoms with E-state index in [-0.39, 0.29) is 6.54 Å². The Labute approximate surface area is 199 Å². The van der Waals surface area contributed by atoms with Crippen LogP contribution >= 0.6 is 8.02 Å². The van der Waals surface area contributed by atoms with Gasteiger partial charge in [0.2, 0.25) is 0 Å². The van der Waals surface area contributed by atoms with E-state index in [1.54, 1.807) is 36.4 Å². The summed E-state index contributed by atoms with van der Waals surface area (Å²) in [7, 11) is 0.552. The van der Waals surface area contributed by atoms with E-state index in [1.807, 2.05) is 48.6 Å². The number of aromatic nitrogens is 2. The van der Waals surface area contributed by atoms with Crippen LogP contribution in [0.25, 0.3) is 5.69 Å². The van der Waals surface area contributed by atoms with Crippen molar-refractivity contribution in [2.75, 3.05) is 0 Å². The van der Waals surface area contributed by atoms with Crippen molar-refractivity contribution >= 4 is 23.0 Å². The predicted octanol–water partition coefficient (Wildman–Crippen LogP) is 3.97. The lowest BCUT2D eigenvalue weighted by molar-refractivity contribution is 0.0942. The minimum Gasteiger partial charge on any atom is -0.503 e. The summed E-state index contributed by atoms with van der Waals surface area (Å²) in [5, 5.41) is 17.1. The Morgan fingerprint density at radius 1 is 1.12 bits per heavy atom. The minimum absolute atomic E-state index is 0.190. The van der Waals surface area contributed by atoms with Crippen LogP contribution in [0.4, 0.5) is 0 Å². The number of benzene rings is 2. The summed E-state index contributed by atoms with van der Waals surface area (Å²) in [5.74, 6) is -1.37. The number of para-hydroxylation sites is 1. The highest BCUT2D eigenvalue weighted by Crippen LogP contribution is 2.30. The Hall–Kier alpha value is -3.74. The zero-order chi connectivity index (χ0) is 24.1. The summed E-state index contributed by atoms with van der Waals surface area (Å²) in [6, 6.07) is 16.0. The quantitative estimate of drug-likeness (QED) is 0.508. The topological polar surface area (TPSA) is 101 Å². The summed E-state index contributed by atoms with van der Waals surface area (Å²) in [6.45, 7) is 0.190. The lowest BCUT2D eigenvalue weighted by Crippen LogP contribution is -2.31. The standard InChI is InChI=1S/C25H22N3O4PS/c29-21-17-28(27-23(24(21)30)25(31)26-16-18-10-4-3-5-11-18)20-14-8-9-15-22(20)34(32,33)19-12-6-1-2-7-13-19/h1,3-15,17,29,33H,2,16H2,(H,26,31). The van der Waals surface area contributed by atoms with Gasteiger partial charge in [0.25, 0.3) is 11.3 Å². The summed E-state index contributed by atoms with van der Waals surface area (Å²) < 4.78 is 15.0. The van der Waals surface area contributed by atoms with E-state index in [0.29, 0.717) is 15.5 Å². The van der Waals surface area contributed by atoms with Crippen molar-refractivity contribution in [3.05, 3.63) is 118 Å². The first-order valence-electron chi connectivity index (χ1n) is 10.4. The van der Waals surface area contributed by atoms with Gasteiger partial charge in [-0.1, -0.05) is 60.7 Å². The average molecular weight is 492 g/mol. The molecule has 0 aliphatic heterocycles. The van der Waals surface area contributed by atoms with Crippen LogP contribution in [0.2, 0.25) is 0 Å². The number of hydrogen-bond acceptors (Lipinski definition) is 5. The van der Waals surface area contributed by atoms with Gasteiger partial charge >= 0.3 is 0 Å².